The molecule has 0 radical (unpaired) electrons. The van der Waals surface area contributed by atoms with Crippen LogP contribution in [0.3, 0.4) is 0 Å². The van der Waals surface area contributed by atoms with Crippen LogP contribution < -0.4 is 10.6 Å². The Bertz CT molecular complexity index is 496. The Balaban J connectivity index is 1.68. The predicted octanol–water partition coefficient (Wildman–Crippen LogP) is 3.24. The van der Waals surface area contributed by atoms with Crippen molar-refractivity contribution in [3.63, 3.8) is 0 Å². The SMILES string of the molecule is CCCCCNC(=NC)NCc1ccc(COC2CCOCC2)cc1. The lowest BCUT2D eigenvalue weighted by molar-refractivity contribution is -0.0390. The molecule has 0 bridgehead atoms. The molecule has 1 aliphatic heterocycles. The zero-order valence-corrected chi connectivity index (χ0v) is 15.7. The van der Waals surface area contributed by atoms with Gasteiger partial charge in [-0.05, 0) is 30.4 Å². The third kappa shape index (κ3) is 7.88. The van der Waals surface area contributed by atoms with Gasteiger partial charge in [0.25, 0.3) is 0 Å². The summed E-state index contributed by atoms with van der Waals surface area (Å²) < 4.78 is 11.3. The van der Waals surface area contributed by atoms with Gasteiger partial charge in [0.05, 0.1) is 12.7 Å². The van der Waals surface area contributed by atoms with Crippen LogP contribution in [-0.2, 0) is 22.6 Å². The normalized spacial score (nSPS) is 16.0. The van der Waals surface area contributed by atoms with Gasteiger partial charge in [0, 0.05) is 33.4 Å². The number of benzene rings is 1. The molecule has 25 heavy (non-hydrogen) atoms. The highest BCUT2D eigenvalue weighted by Gasteiger charge is 2.13. The van der Waals surface area contributed by atoms with Gasteiger partial charge in [0.2, 0.25) is 0 Å². The fourth-order valence-corrected chi connectivity index (χ4v) is 2.80. The second kappa shape index (κ2) is 11.9. The van der Waals surface area contributed by atoms with Crippen molar-refractivity contribution in [3.8, 4) is 0 Å². The first-order valence-corrected chi connectivity index (χ1v) is 9.53. The van der Waals surface area contributed by atoms with Gasteiger partial charge >= 0.3 is 0 Å². The van der Waals surface area contributed by atoms with Crippen LogP contribution in [0.1, 0.15) is 50.2 Å². The Labute approximate surface area is 152 Å². The van der Waals surface area contributed by atoms with Gasteiger partial charge in [-0.25, -0.2) is 0 Å². The minimum atomic E-state index is 0.345. The number of aliphatic imine (C=N–C) groups is 1. The maximum atomic E-state index is 5.96. The number of hydrogen-bond donors (Lipinski definition) is 2. The van der Waals surface area contributed by atoms with Crippen molar-refractivity contribution in [2.75, 3.05) is 26.8 Å². The first kappa shape index (κ1) is 19.7. The second-order valence-corrected chi connectivity index (χ2v) is 6.50. The number of guanidine groups is 1. The molecule has 0 aliphatic carbocycles. The lowest BCUT2D eigenvalue weighted by atomic mass is 10.1. The molecule has 0 unspecified atom stereocenters. The molecule has 1 heterocycles. The minimum Gasteiger partial charge on any atom is -0.381 e. The van der Waals surface area contributed by atoms with Gasteiger partial charge in [-0.1, -0.05) is 44.0 Å². The van der Waals surface area contributed by atoms with Crippen molar-refractivity contribution < 1.29 is 9.47 Å². The predicted molar refractivity (Wildman–Crippen MR) is 103 cm³/mol. The molecule has 2 N–H and O–H groups in total. The van der Waals surface area contributed by atoms with Crippen LogP contribution in [0.4, 0.5) is 0 Å². The van der Waals surface area contributed by atoms with E-state index in [4.69, 9.17) is 9.47 Å². The van der Waals surface area contributed by atoms with E-state index in [2.05, 4.69) is 46.8 Å². The number of rotatable bonds is 9. The largest absolute Gasteiger partial charge is 0.381 e. The van der Waals surface area contributed by atoms with Gasteiger partial charge < -0.3 is 20.1 Å². The summed E-state index contributed by atoms with van der Waals surface area (Å²) in [6.45, 7) is 6.28. The molecule has 0 atom stereocenters. The summed E-state index contributed by atoms with van der Waals surface area (Å²) in [4.78, 5) is 4.26. The van der Waals surface area contributed by atoms with E-state index >= 15 is 0 Å². The number of ether oxygens (including phenoxy) is 2. The van der Waals surface area contributed by atoms with E-state index in [1.807, 2.05) is 7.05 Å². The summed E-state index contributed by atoms with van der Waals surface area (Å²) >= 11 is 0. The Morgan fingerprint density at radius 3 is 2.52 bits per heavy atom. The molecule has 0 amide bonds. The molecular weight excluding hydrogens is 314 g/mol. The van der Waals surface area contributed by atoms with Gasteiger partial charge in [0.15, 0.2) is 5.96 Å². The van der Waals surface area contributed by atoms with E-state index < -0.39 is 0 Å². The topological polar surface area (TPSA) is 54.9 Å². The average Bonchev–Trinajstić information content (AvgIpc) is 2.67. The Morgan fingerprint density at radius 2 is 1.84 bits per heavy atom. The molecule has 1 aromatic rings. The summed E-state index contributed by atoms with van der Waals surface area (Å²) in [5.74, 6) is 0.864. The van der Waals surface area contributed by atoms with Crippen LogP contribution in [0, 0.1) is 0 Å². The zero-order valence-electron chi connectivity index (χ0n) is 15.7. The third-order valence-corrected chi connectivity index (χ3v) is 4.43. The number of hydrogen-bond acceptors (Lipinski definition) is 3. The number of nitrogens with zero attached hydrogens (tertiary/aromatic N) is 1. The van der Waals surface area contributed by atoms with Crippen molar-refractivity contribution in [1.82, 2.24) is 10.6 Å². The Morgan fingerprint density at radius 1 is 1.12 bits per heavy atom. The average molecular weight is 348 g/mol. The fraction of sp³-hybridized carbons (Fsp3) is 0.650. The van der Waals surface area contributed by atoms with E-state index in [1.54, 1.807) is 0 Å². The van der Waals surface area contributed by atoms with Gasteiger partial charge in [-0.2, -0.15) is 0 Å². The van der Waals surface area contributed by atoms with Crippen molar-refractivity contribution in [2.45, 2.75) is 58.3 Å². The highest BCUT2D eigenvalue weighted by molar-refractivity contribution is 5.79. The molecule has 2 rings (SSSR count). The molecule has 1 aliphatic rings. The van der Waals surface area contributed by atoms with Crippen molar-refractivity contribution >= 4 is 5.96 Å². The Hall–Kier alpha value is -1.59. The van der Waals surface area contributed by atoms with Gasteiger partial charge in [0.1, 0.15) is 0 Å². The summed E-state index contributed by atoms with van der Waals surface area (Å²) in [6.07, 6.45) is 6.02. The highest BCUT2D eigenvalue weighted by atomic mass is 16.5. The molecule has 1 aromatic carbocycles. The zero-order chi connectivity index (χ0) is 17.7. The van der Waals surface area contributed by atoms with Crippen LogP contribution in [0.15, 0.2) is 29.3 Å². The first-order chi connectivity index (χ1) is 12.3. The van der Waals surface area contributed by atoms with E-state index in [0.29, 0.717) is 12.7 Å². The summed E-state index contributed by atoms with van der Waals surface area (Å²) in [5.41, 5.74) is 2.46. The quantitative estimate of drug-likeness (QED) is 0.409. The van der Waals surface area contributed by atoms with E-state index in [1.165, 1.54) is 30.4 Å². The lowest BCUT2D eigenvalue weighted by Crippen LogP contribution is -2.37. The standard InChI is InChI=1S/C20H33N3O2/c1-3-4-5-12-22-20(21-2)23-15-17-6-8-18(9-7-17)16-25-19-10-13-24-14-11-19/h6-9,19H,3-5,10-16H2,1-2H3,(H2,21,22,23). The maximum absolute atomic E-state index is 5.96. The summed E-state index contributed by atoms with van der Waals surface area (Å²) in [7, 11) is 1.81. The third-order valence-electron chi connectivity index (χ3n) is 4.43. The molecule has 0 saturated carbocycles. The van der Waals surface area contributed by atoms with Crippen LogP contribution in [0.2, 0.25) is 0 Å². The molecule has 0 spiro atoms. The van der Waals surface area contributed by atoms with E-state index in [-0.39, 0.29) is 0 Å². The first-order valence-electron chi connectivity index (χ1n) is 9.53. The maximum Gasteiger partial charge on any atom is 0.191 e. The van der Waals surface area contributed by atoms with Crippen LogP contribution in [0.25, 0.3) is 0 Å². The fourth-order valence-electron chi connectivity index (χ4n) is 2.80. The number of unbranched alkanes of at least 4 members (excludes halogenated alkanes) is 2. The smallest absolute Gasteiger partial charge is 0.191 e. The molecule has 5 nitrogen and oxygen atoms in total. The molecule has 140 valence electrons. The highest BCUT2D eigenvalue weighted by Crippen LogP contribution is 2.14. The Kier molecular flexibility index (Phi) is 9.37. The molecule has 0 aromatic heterocycles. The van der Waals surface area contributed by atoms with Crippen molar-refractivity contribution in [1.29, 1.82) is 0 Å². The number of nitrogens with one attached hydrogen (secondary N) is 2. The summed E-state index contributed by atoms with van der Waals surface area (Å²) in [5, 5.41) is 6.71. The minimum absolute atomic E-state index is 0.345. The molecule has 5 heteroatoms. The van der Waals surface area contributed by atoms with Gasteiger partial charge in [-0.3, -0.25) is 4.99 Å². The second-order valence-electron chi connectivity index (χ2n) is 6.50. The van der Waals surface area contributed by atoms with Crippen molar-refractivity contribution in [3.05, 3.63) is 35.4 Å². The van der Waals surface area contributed by atoms with Crippen LogP contribution in [0.5, 0.6) is 0 Å². The van der Waals surface area contributed by atoms with E-state index in [9.17, 15) is 0 Å². The van der Waals surface area contributed by atoms with Crippen LogP contribution >= 0.6 is 0 Å². The van der Waals surface area contributed by atoms with E-state index in [0.717, 1.165) is 45.1 Å². The van der Waals surface area contributed by atoms with Crippen molar-refractivity contribution in [2.24, 2.45) is 4.99 Å². The monoisotopic (exact) mass is 347 g/mol. The van der Waals surface area contributed by atoms with Gasteiger partial charge in [-0.15, -0.1) is 0 Å². The summed E-state index contributed by atoms with van der Waals surface area (Å²) in [6, 6.07) is 8.60. The lowest BCUT2D eigenvalue weighted by Gasteiger charge is -2.22. The molecule has 1 fully saturated rings. The van der Waals surface area contributed by atoms with Crippen LogP contribution in [-0.4, -0.2) is 38.9 Å². The molecule has 1 saturated heterocycles. The molecular formula is C20H33N3O2.